The Morgan fingerprint density at radius 2 is 2.35 bits per heavy atom. The van der Waals surface area contributed by atoms with Crippen LogP contribution in [0, 0.1) is 11.3 Å². The van der Waals surface area contributed by atoms with E-state index in [4.69, 9.17) is 5.26 Å². The van der Waals surface area contributed by atoms with Crippen molar-refractivity contribution in [3.05, 3.63) is 46.4 Å². The Bertz CT molecular complexity index is 514. The Kier molecular flexibility index (Phi) is 3.73. The smallest absolute Gasteiger partial charge is 0.101 e. The van der Waals surface area contributed by atoms with Crippen LogP contribution in [-0.2, 0) is 6.54 Å². The van der Waals surface area contributed by atoms with E-state index in [0.29, 0.717) is 5.56 Å². The molecule has 3 nitrogen and oxygen atoms in total. The number of pyridine rings is 1. The summed E-state index contributed by atoms with van der Waals surface area (Å²) in [6, 6.07) is 8.12. The number of anilines is 1. The van der Waals surface area contributed by atoms with E-state index in [2.05, 4.69) is 34.3 Å². The summed E-state index contributed by atoms with van der Waals surface area (Å²) < 4.78 is 0. The topological polar surface area (TPSA) is 39.9 Å². The summed E-state index contributed by atoms with van der Waals surface area (Å²) in [5.74, 6) is 0. The Morgan fingerprint density at radius 1 is 1.47 bits per heavy atom. The largest absolute Gasteiger partial charge is 0.364 e. The van der Waals surface area contributed by atoms with E-state index in [-0.39, 0.29) is 0 Å². The lowest BCUT2D eigenvalue weighted by atomic mass is 10.2. The predicted octanol–water partition coefficient (Wildman–Crippen LogP) is 3.04. The van der Waals surface area contributed by atoms with Gasteiger partial charge in [-0.3, -0.25) is 4.98 Å². The normalized spacial score (nSPS) is 9.88. The maximum atomic E-state index is 9.09. The molecular formula is C13H13N3S. The van der Waals surface area contributed by atoms with E-state index in [9.17, 15) is 0 Å². The SMILES string of the molecule is CCN(Cc1cccs1)c1cnccc1C#N. The van der Waals surface area contributed by atoms with E-state index in [1.165, 1.54) is 4.88 Å². The van der Waals surface area contributed by atoms with Gasteiger partial charge in [0.1, 0.15) is 6.07 Å². The molecule has 0 saturated carbocycles. The minimum Gasteiger partial charge on any atom is -0.364 e. The van der Waals surface area contributed by atoms with Gasteiger partial charge in [-0.05, 0) is 24.4 Å². The van der Waals surface area contributed by atoms with Crippen molar-refractivity contribution in [3.8, 4) is 6.07 Å². The lowest BCUT2D eigenvalue weighted by Gasteiger charge is -2.22. The monoisotopic (exact) mass is 243 g/mol. The van der Waals surface area contributed by atoms with Gasteiger partial charge in [0.25, 0.3) is 0 Å². The van der Waals surface area contributed by atoms with Crippen LogP contribution in [0.1, 0.15) is 17.4 Å². The highest BCUT2D eigenvalue weighted by Gasteiger charge is 2.10. The maximum absolute atomic E-state index is 9.09. The van der Waals surface area contributed by atoms with E-state index >= 15 is 0 Å². The summed E-state index contributed by atoms with van der Waals surface area (Å²) in [5.41, 5.74) is 1.59. The second-order valence-corrected chi connectivity index (χ2v) is 4.63. The molecule has 0 aromatic carbocycles. The van der Waals surface area contributed by atoms with Gasteiger partial charge < -0.3 is 4.90 Å². The van der Waals surface area contributed by atoms with Gasteiger partial charge in [0, 0.05) is 17.6 Å². The van der Waals surface area contributed by atoms with Crippen molar-refractivity contribution in [1.82, 2.24) is 4.98 Å². The first-order valence-corrected chi connectivity index (χ1v) is 6.34. The van der Waals surface area contributed by atoms with Crippen LogP contribution in [-0.4, -0.2) is 11.5 Å². The van der Waals surface area contributed by atoms with Crippen molar-refractivity contribution < 1.29 is 0 Å². The van der Waals surface area contributed by atoms with Crippen molar-refractivity contribution in [3.63, 3.8) is 0 Å². The number of nitriles is 1. The van der Waals surface area contributed by atoms with Crippen LogP contribution in [0.4, 0.5) is 5.69 Å². The first-order chi connectivity index (χ1) is 8.35. The molecule has 4 heteroatoms. The first-order valence-electron chi connectivity index (χ1n) is 5.46. The summed E-state index contributed by atoms with van der Waals surface area (Å²) in [7, 11) is 0. The van der Waals surface area contributed by atoms with Crippen LogP contribution in [0.3, 0.4) is 0 Å². The Balaban J connectivity index is 2.26. The molecule has 86 valence electrons. The van der Waals surface area contributed by atoms with Gasteiger partial charge in [-0.2, -0.15) is 5.26 Å². The van der Waals surface area contributed by atoms with Gasteiger partial charge in [-0.15, -0.1) is 11.3 Å². The zero-order chi connectivity index (χ0) is 12.1. The van der Waals surface area contributed by atoms with E-state index in [0.717, 1.165) is 18.8 Å². The molecular weight excluding hydrogens is 230 g/mol. The molecule has 0 fully saturated rings. The lowest BCUT2D eigenvalue weighted by Crippen LogP contribution is -2.22. The second-order valence-electron chi connectivity index (χ2n) is 3.60. The number of rotatable bonds is 4. The third-order valence-corrected chi connectivity index (χ3v) is 3.43. The van der Waals surface area contributed by atoms with Crippen molar-refractivity contribution >= 4 is 17.0 Å². The van der Waals surface area contributed by atoms with Crippen molar-refractivity contribution in [2.24, 2.45) is 0 Å². The molecule has 2 rings (SSSR count). The number of nitrogens with zero attached hydrogens (tertiary/aromatic N) is 3. The highest BCUT2D eigenvalue weighted by atomic mass is 32.1. The molecule has 0 N–H and O–H groups in total. The average Bonchev–Trinajstić information content (AvgIpc) is 2.89. The zero-order valence-corrected chi connectivity index (χ0v) is 10.4. The number of hydrogen-bond donors (Lipinski definition) is 0. The van der Waals surface area contributed by atoms with Gasteiger partial charge in [-0.25, -0.2) is 0 Å². The summed E-state index contributed by atoms with van der Waals surface area (Å²) in [6.45, 7) is 3.77. The molecule has 0 spiro atoms. The Morgan fingerprint density at radius 3 is 3.00 bits per heavy atom. The van der Waals surface area contributed by atoms with E-state index in [1.54, 1.807) is 29.8 Å². The molecule has 0 radical (unpaired) electrons. The van der Waals surface area contributed by atoms with Crippen LogP contribution in [0.25, 0.3) is 0 Å². The zero-order valence-electron chi connectivity index (χ0n) is 9.63. The van der Waals surface area contributed by atoms with Gasteiger partial charge in [0.15, 0.2) is 0 Å². The van der Waals surface area contributed by atoms with Crippen LogP contribution in [0.15, 0.2) is 36.0 Å². The molecule has 17 heavy (non-hydrogen) atoms. The van der Waals surface area contributed by atoms with Gasteiger partial charge in [0.05, 0.1) is 24.0 Å². The average molecular weight is 243 g/mol. The number of hydrogen-bond acceptors (Lipinski definition) is 4. The first kappa shape index (κ1) is 11.6. The van der Waals surface area contributed by atoms with Gasteiger partial charge in [-0.1, -0.05) is 6.07 Å². The third kappa shape index (κ3) is 2.63. The molecule has 2 aromatic rings. The summed E-state index contributed by atoms with van der Waals surface area (Å²) in [6.07, 6.45) is 3.41. The fourth-order valence-electron chi connectivity index (χ4n) is 1.69. The van der Waals surface area contributed by atoms with Crippen LogP contribution >= 0.6 is 11.3 Å². The van der Waals surface area contributed by atoms with Crippen molar-refractivity contribution in [2.45, 2.75) is 13.5 Å². The molecule has 0 aliphatic heterocycles. The highest BCUT2D eigenvalue weighted by Crippen LogP contribution is 2.21. The summed E-state index contributed by atoms with van der Waals surface area (Å²) >= 11 is 1.73. The molecule has 0 amide bonds. The van der Waals surface area contributed by atoms with Crippen LogP contribution in [0.5, 0.6) is 0 Å². The molecule has 0 saturated heterocycles. The minimum absolute atomic E-state index is 0.679. The predicted molar refractivity (Wildman–Crippen MR) is 70.0 cm³/mol. The Labute approximate surface area is 105 Å². The number of thiophene rings is 1. The fourth-order valence-corrected chi connectivity index (χ4v) is 2.41. The van der Waals surface area contributed by atoms with Crippen molar-refractivity contribution in [2.75, 3.05) is 11.4 Å². The van der Waals surface area contributed by atoms with Crippen LogP contribution < -0.4 is 4.90 Å². The highest BCUT2D eigenvalue weighted by molar-refractivity contribution is 7.09. The quantitative estimate of drug-likeness (QED) is 0.828. The lowest BCUT2D eigenvalue weighted by molar-refractivity contribution is 0.837. The number of aromatic nitrogens is 1. The van der Waals surface area contributed by atoms with Gasteiger partial charge in [0.2, 0.25) is 0 Å². The molecule has 0 aliphatic carbocycles. The van der Waals surface area contributed by atoms with Crippen LogP contribution in [0.2, 0.25) is 0 Å². The maximum Gasteiger partial charge on any atom is 0.101 e. The van der Waals surface area contributed by atoms with E-state index < -0.39 is 0 Å². The molecule has 0 aliphatic rings. The van der Waals surface area contributed by atoms with E-state index in [1.807, 2.05) is 6.07 Å². The summed E-state index contributed by atoms with van der Waals surface area (Å²) in [4.78, 5) is 7.56. The molecule has 0 unspecified atom stereocenters. The molecule has 0 atom stereocenters. The van der Waals surface area contributed by atoms with Crippen molar-refractivity contribution in [1.29, 1.82) is 5.26 Å². The molecule has 2 aromatic heterocycles. The minimum atomic E-state index is 0.679. The third-order valence-electron chi connectivity index (χ3n) is 2.57. The fraction of sp³-hybridized carbons (Fsp3) is 0.231. The molecule has 0 bridgehead atoms. The second kappa shape index (κ2) is 5.46. The van der Waals surface area contributed by atoms with Gasteiger partial charge >= 0.3 is 0 Å². The summed E-state index contributed by atoms with van der Waals surface area (Å²) in [5, 5.41) is 11.2. The molecule has 2 heterocycles. The standard InChI is InChI=1S/C13H13N3S/c1-2-16(10-12-4-3-7-17-12)13-9-15-6-5-11(13)8-14/h3-7,9H,2,10H2,1H3. The Hall–Kier alpha value is -1.86.